The lowest BCUT2D eigenvalue weighted by Gasteiger charge is -2.09. The van der Waals surface area contributed by atoms with Crippen LogP contribution in [0.25, 0.3) is 0 Å². The lowest BCUT2D eigenvalue weighted by molar-refractivity contribution is -0.121. The number of aromatic nitrogens is 1. The van der Waals surface area contributed by atoms with E-state index in [-0.39, 0.29) is 5.91 Å². The van der Waals surface area contributed by atoms with Crippen molar-refractivity contribution >= 4 is 11.6 Å². The second kappa shape index (κ2) is 9.22. The molecule has 0 atom stereocenters. The van der Waals surface area contributed by atoms with E-state index in [0.717, 1.165) is 22.7 Å². The highest BCUT2D eigenvalue weighted by atomic mass is 16.5. The second-order valence-electron chi connectivity index (χ2n) is 5.75. The van der Waals surface area contributed by atoms with Gasteiger partial charge in [-0.3, -0.25) is 9.78 Å². The Morgan fingerprint density at radius 2 is 1.69 bits per heavy atom. The zero-order valence-corrected chi connectivity index (χ0v) is 14.4. The van der Waals surface area contributed by atoms with Gasteiger partial charge in [-0.15, -0.1) is 0 Å². The van der Waals surface area contributed by atoms with Gasteiger partial charge in [0.15, 0.2) is 0 Å². The lowest BCUT2D eigenvalue weighted by atomic mass is 10.2. The van der Waals surface area contributed by atoms with Gasteiger partial charge in [-0.25, -0.2) is 0 Å². The van der Waals surface area contributed by atoms with Gasteiger partial charge in [-0.1, -0.05) is 24.3 Å². The summed E-state index contributed by atoms with van der Waals surface area (Å²) in [6, 6.07) is 21.1. The van der Waals surface area contributed by atoms with Crippen molar-refractivity contribution in [3.63, 3.8) is 0 Å². The molecule has 1 heterocycles. The first-order chi connectivity index (χ1) is 12.8. The minimum absolute atomic E-state index is 0.00499. The van der Waals surface area contributed by atoms with Gasteiger partial charge >= 0.3 is 0 Å². The van der Waals surface area contributed by atoms with E-state index in [0.29, 0.717) is 19.5 Å². The summed E-state index contributed by atoms with van der Waals surface area (Å²) in [6.45, 7) is 1.07. The standard InChI is InChI=1S/C21H21N3O2/c25-21(24-16-17-5-4-13-22-15-17)12-14-23-18-8-10-20(11-9-18)26-19-6-2-1-3-7-19/h1-11,13,15,23H,12,14,16H2,(H,24,25). The normalized spacial score (nSPS) is 10.2. The molecule has 0 fully saturated rings. The number of nitrogens with one attached hydrogen (secondary N) is 2. The molecule has 0 aliphatic heterocycles. The monoisotopic (exact) mass is 347 g/mol. The maximum Gasteiger partial charge on any atom is 0.222 e. The molecule has 1 aromatic heterocycles. The van der Waals surface area contributed by atoms with Gasteiger partial charge in [0.1, 0.15) is 11.5 Å². The molecule has 0 unspecified atom stereocenters. The Morgan fingerprint density at radius 3 is 2.42 bits per heavy atom. The molecule has 0 spiro atoms. The summed E-state index contributed by atoms with van der Waals surface area (Å²) < 4.78 is 5.75. The third kappa shape index (κ3) is 5.63. The molecule has 3 aromatic rings. The summed E-state index contributed by atoms with van der Waals surface area (Å²) in [5, 5.41) is 6.12. The van der Waals surface area contributed by atoms with Crippen molar-refractivity contribution in [3.8, 4) is 11.5 Å². The quantitative estimate of drug-likeness (QED) is 0.647. The molecule has 3 rings (SSSR count). The van der Waals surface area contributed by atoms with Crippen molar-refractivity contribution < 1.29 is 9.53 Å². The van der Waals surface area contributed by atoms with Gasteiger partial charge < -0.3 is 15.4 Å². The van der Waals surface area contributed by atoms with Crippen molar-refractivity contribution in [1.29, 1.82) is 0 Å². The van der Waals surface area contributed by atoms with Gasteiger partial charge in [0.25, 0.3) is 0 Å². The minimum Gasteiger partial charge on any atom is -0.457 e. The van der Waals surface area contributed by atoms with E-state index >= 15 is 0 Å². The van der Waals surface area contributed by atoms with Crippen LogP contribution in [0.3, 0.4) is 0 Å². The number of amides is 1. The molecular weight excluding hydrogens is 326 g/mol. The average Bonchev–Trinajstić information content (AvgIpc) is 2.69. The van der Waals surface area contributed by atoms with Gasteiger partial charge in [0, 0.05) is 37.6 Å². The third-order valence-corrected chi connectivity index (χ3v) is 3.73. The Hall–Kier alpha value is -3.34. The highest BCUT2D eigenvalue weighted by Crippen LogP contribution is 2.22. The maximum absolute atomic E-state index is 11.9. The number of para-hydroxylation sites is 1. The molecule has 5 nitrogen and oxygen atoms in total. The summed E-state index contributed by atoms with van der Waals surface area (Å²) in [5.41, 5.74) is 1.94. The molecule has 2 aromatic carbocycles. The number of nitrogens with zero attached hydrogens (tertiary/aromatic N) is 1. The lowest BCUT2D eigenvalue weighted by Crippen LogP contribution is -2.24. The summed E-state index contributed by atoms with van der Waals surface area (Å²) in [6.07, 6.45) is 3.87. The number of hydrogen-bond acceptors (Lipinski definition) is 4. The van der Waals surface area contributed by atoms with Crippen LogP contribution >= 0.6 is 0 Å². The fraction of sp³-hybridized carbons (Fsp3) is 0.143. The Labute approximate surface area is 153 Å². The highest BCUT2D eigenvalue weighted by Gasteiger charge is 2.02. The van der Waals surface area contributed by atoms with E-state index < -0.39 is 0 Å². The third-order valence-electron chi connectivity index (χ3n) is 3.73. The fourth-order valence-corrected chi connectivity index (χ4v) is 2.38. The molecule has 0 radical (unpaired) electrons. The van der Waals surface area contributed by atoms with E-state index in [9.17, 15) is 4.79 Å². The second-order valence-corrected chi connectivity index (χ2v) is 5.75. The first-order valence-electron chi connectivity index (χ1n) is 8.52. The Kier molecular flexibility index (Phi) is 6.20. The zero-order valence-electron chi connectivity index (χ0n) is 14.4. The van der Waals surface area contributed by atoms with E-state index in [1.54, 1.807) is 12.4 Å². The molecule has 0 bridgehead atoms. The van der Waals surface area contributed by atoms with Crippen molar-refractivity contribution in [2.24, 2.45) is 0 Å². The first kappa shape index (κ1) is 17.5. The molecule has 2 N–H and O–H groups in total. The summed E-state index contributed by atoms with van der Waals surface area (Å²) >= 11 is 0. The number of carbonyl (C=O) groups is 1. The van der Waals surface area contributed by atoms with E-state index in [4.69, 9.17) is 4.74 Å². The van der Waals surface area contributed by atoms with Gasteiger partial charge in [-0.2, -0.15) is 0 Å². The zero-order chi connectivity index (χ0) is 18.0. The summed E-state index contributed by atoms with van der Waals surface area (Å²) in [5.74, 6) is 1.58. The Bertz CT molecular complexity index is 806. The molecule has 26 heavy (non-hydrogen) atoms. The number of pyridine rings is 1. The van der Waals surface area contributed by atoms with Crippen molar-refractivity contribution in [3.05, 3.63) is 84.7 Å². The topological polar surface area (TPSA) is 63.2 Å². The van der Waals surface area contributed by atoms with Crippen LogP contribution in [0.1, 0.15) is 12.0 Å². The largest absolute Gasteiger partial charge is 0.457 e. The average molecular weight is 347 g/mol. The van der Waals surface area contributed by atoms with Crippen LogP contribution in [0.2, 0.25) is 0 Å². The molecule has 5 heteroatoms. The van der Waals surface area contributed by atoms with Crippen LogP contribution in [0.4, 0.5) is 5.69 Å². The van der Waals surface area contributed by atoms with Gasteiger partial charge in [-0.05, 0) is 48.0 Å². The first-order valence-corrected chi connectivity index (χ1v) is 8.52. The smallest absolute Gasteiger partial charge is 0.222 e. The van der Waals surface area contributed by atoms with Gasteiger partial charge in [0.2, 0.25) is 5.91 Å². The predicted molar refractivity (Wildman–Crippen MR) is 102 cm³/mol. The summed E-state index contributed by atoms with van der Waals surface area (Å²) in [7, 11) is 0. The maximum atomic E-state index is 11.9. The van der Waals surface area contributed by atoms with E-state index in [1.165, 1.54) is 0 Å². The van der Waals surface area contributed by atoms with Gasteiger partial charge in [0.05, 0.1) is 0 Å². The van der Waals surface area contributed by atoms with Crippen LogP contribution in [-0.4, -0.2) is 17.4 Å². The molecular formula is C21H21N3O2. The molecule has 0 saturated heterocycles. The van der Waals surface area contributed by atoms with E-state index in [2.05, 4.69) is 15.6 Å². The number of anilines is 1. The number of hydrogen-bond donors (Lipinski definition) is 2. The van der Waals surface area contributed by atoms with E-state index in [1.807, 2.05) is 66.7 Å². The van der Waals surface area contributed by atoms with Crippen LogP contribution in [0.15, 0.2) is 79.1 Å². The molecule has 0 saturated carbocycles. The van der Waals surface area contributed by atoms with Crippen LogP contribution in [-0.2, 0) is 11.3 Å². The SMILES string of the molecule is O=C(CCNc1ccc(Oc2ccccc2)cc1)NCc1cccnc1. The van der Waals surface area contributed by atoms with Crippen LogP contribution in [0.5, 0.6) is 11.5 Å². The Balaban J connectivity index is 1.38. The number of rotatable bonds is 8. The minimum atomic E-state index is 0.00499. The number of benzene rings is 2. The van der Waals surface area contributed by atoms with Crippen LogP contribution < -0.4 is 15.4 Å². The summed E-state index contributed by atoms with van der Waals surface area (Å²) in [4.78, 5) is 15.9. The van der Waals surface area contributed by atoms with Crippen LogP contribution in [0, 0.1) is 0 Å². The molecule has 0 aliphatic carbocycles. The molecule has 132 valence electrons. The van der Waals surface area contributed by atoms with Crippen molar-refractivity contribution in [2.75, 3.05) is 11.9 Å². The molecule has 1 amide bonds. The fourth-order valence-electron chi connectivity index (χ4n) is 2.38. The number of ether oxygens (including phenoxy) is 1. The van der Waals surface area contributed by atoms with Crippen molar-refractivity contribution in [1.82, 2.24) is 10.3 Å². The molecule has 0 aliphatic rings. The predicted octanol–water partition coefficient (Wildman–Crippen LogP) is 3.99. The Morgan fingerprint density at radius 1 is 0.923 bits per heavy atom. The highest BCUT2D eigenvalue weighted by molar-refractivity contribution is 5.76. The number of carbonyl (C=O) groups excluding carboxylic acids is 1. The van der Waals surface area contributed by atoms with Crippen molar-refractivity contribution in [2.45, 2.75) is 13.0 Å².